The Bertz CT molecular complexity index is 700. The van der Waals surface area contributed by atoms with E-state index in [4.69, 9.17) is 5.26 Å². The molecule has 1 saturated heterocycles. The van der Waals surface area contributed by atoms with Gasteiger partial charge in [0.05, 0.1) is 17.8 Å². The minimum Gasteiger partial charge on any atom is -0.353 e. The van der Waals surface area contributed by atoms with Crippen molar-refractivity contribution in [2.45, 2.75) is 18.6 Å². The van der Waals surface area contributed by atoms with E-state index >= 15 is 0 Å². The molecule has 9 heteroatoms. The molecule has 3 rings (SSSR count). The molecule has 1 fully saturated rings. The monoisotopic (exact) mass is 308 g/mol. The third-order valence-electron chi connectivity index (χ3n) is 3.53. The van der Waals surface area contributed by atoms with Gasteiger partial charge in [-0.25, -0.2) is 0 Å². The first-order valence-corrected chi connectivity index (χ1v) is 6.57. The van der Waals surface area contributed by atoms with Crippen molar-refractivity contribution in [1.29, 1.82) is 5.26 Å². The third-order valence-corrected chi connectivity index (χ3v) is 3.53. The fraction of sp³-hybridized carbons (Fsp3) is 0.385. The minimum absolute atomic E-state index is 0.0613. The lowest BCUT2D eigenvalue weighted by molar-refractivity contribution is -0.141. The summed E-state index contributed by atoms with van der Waals surface area (Å²) in [6, 6.07) is 4.32. The van der Waals surface area contributed by atoms with Gasteiger partial charge in [0.2, 0.25) is 0 Å². The highest BCUT2D eigenvalue weighted by molar-refractivity contribution is 5.39. The van der Waals surface area contributed by atoms with Crippen molar-refractivity contribution in [1.82, 2.24) is 20.0 Å². The van der Waals surface area contributed by atoms with Crippen molar-refractivity contribution < 1.29 is 13.2 Å². The zero-order chi connectivity index (χ0) is 15.7. The molecule has 1 aliphatic rings. The molecule has 0 aromatic carbocycles. The first-order valence-electron chi connectivity index (χ1n) is 6.57. The van der Waals surface area contributed by atoms with Gasteiger partial charge in [-0.3, -0.25) is 4.68 Å². The second kappa shape index (κ2) is 5.29. The summed E-state index contributed by atoms with van der Waals surface area (Å²) in [5, 5.41) is 19.8. The normalized spacial score (nSPS) is 18.5. The maximum Gasteiger partial charge on any atom is 0.435 e. The zero-order valence-corrected chi connectivity index (χ0v) is 11.3. The van der Waals surface area contributed by atoms with E-state index in [1.54, 1.807) is 10.9 Å². The van der Waals surface area contributed by atoms with Gasteiger partial charge in [-0.1, -0.05) is 0 Å². The summed E-state index contributed by atoms with van der Waals surface area (Å²) in [7, 11) is 0. The zero-order valence-electron chi connectivity index (χ0n) is 11.3. The molecule has 1 atom stereocenters. The smallest absolute Gasteiger partial charge is 0.353 e. The molecule has 22 heavy (non-hydrogen) atoms. The molecular weight excluding hydrogens is 297 g/mol. The average molecular weight is 308 g/mol. The van der Waals surface area contributed by atoms with Crippen LogP contribution in [0.5, 0.6) is 0 Å². The Balaban J connectivity index is 1.71. The number of rotatable bonds is 2. The highest BCUT2D eigenvalue weighted by Gasteiger charge is 2.33. The van der Waals surface area contributed by atoms with E-state index in [9.17, 15) is 13.2 Å². The quantitative estimate of drug-likeness (QED) is 0.849. The van der Waals surface area contributed by atoms with Crippen molar-refractivity contribution in [2.75, 3.05) is 18.0 Å². The van der Waals surface area contributed by atoms with Crippen LogP contribution in [0.4, 0.5) is 19.0 Å². The van der Waals surface area contributed by atoms with Crippen molar-refractivity contribution in [3.05, 3.63) is 35.8 Å². The van der Waals surface area contributed by atoms with Crippen molar-refractivity contribution in [3.8, 4) is 6.07 Å². The van der Waals surface area contributed by atoms with Crippen molar-refractivity contribution in [3.63, 3.8) is 0 Å². The van der Waals surface area contributed by atoms with Crippen LogP contribution in [0.15, 0.2) is 24.5 Å². The average Bonchev–Trinajstić information content (AvgIpc) is 3.15. The van der Waals surface area contributed by atoms with Gasteiger partial charge in [0.15, 0.2) is 11.5 Å². The Labute approximate surface area is 123 Å². The molecule has 2 aromatic rings. The standard InChI is InChI=1S/C13H11F3N6/c14-13(15,16)11-1-2-12(20-19-11)21-4-3-10(8-21)22-7-9(5-17)6-18-22/h1-2,6-7,10H,3-4,8H2. The second-order valence-electron chi connectivity index (χ2n) is 4.98. The molecule has 0 aliphatic carbocycles. The van der Waals surface area contributed by atoms with E-state index in [1.165, 1.54) is 12.3 Å². The number of anilines is 1. The first kappa shape index (κ1) is 14.3. The Hall–Kier alpha value is -2.63. The molecule has 114 valence electrons. The SMILES string of the molecule is N#Cc1cnn(C2CCN(c3ccc(C(F)(F)F)nn3)C2)c1. The largest absolute Gasteiger partial charge is 0.435 e. The minimum atomic E-state index is -4.48. The number of halogens is 3. The molecule has 0 spiro atoms. The predicted molar refractivity (Wildman–Crippen MR) is 69.8 cm³/mol. The lowest BCUT2D eigenvalue weighted by Crippen LogP contribution is -2.23. The lowest BCUT2D eigenvalue weighted by atomic mass is 10.3. The van der Waals surface area contributed by atoms with Crippen LogP contribution in [0.3, 0.4) is 0 Å². The maximum atomic E-state index is 12.5. The van der Waals surface area contributed by atoms with Crippen LogP contribution in [0, 0.1) is 11.3 Å². The molecule has 6 nitrogen and oxygen atoms in total. The molecule has 0 N–H and O–H groups in total. The number of hydrogen-bond acceptors (Lipinski definition) is 5. The lowest BCUT2D eigenvalue weighted by Gasteiger charge is -2.17. The van der Waals surface area contributed by atoms with E-state index in [-0.39, 0.29) is 6.04 Å². The number of alkyl halides is 3. The summed E-state index contributed by atoms with van der Waals surface area (Å²) < 4.78 is 39.1. The first-order chi connectivity index (χ1) is 10.5. The van der Waals surface area contributed by atoms with Crippen molar-refractivity contribution >= 4 is 5.82 Å². The molecular formula is C13H11F3N6. The molecule has 1 unspecified atom stereocenters. The fourth-order valence-corrected chi connectivity index (χ4v) is 2.41. The Morgan fingerprint density at radius 3 is 2.68 bits per heavy atom. The van der Waals surface area contributed by atoms with Crippen LogP contribution < -0.4 is 4.90 Å². The summed E-state index contributed by atoms with van der Waals surface area (Å²) in [5.74, 6) is 0.406. The Morgan fingerprint density at radius 2 is 2.09 bits per heavy atom. The topological polar surface area (TPSA) is 70.6 Å². The van der Waals surface area contributed by atoms with E-state index in [1.807, 2.05) is 11.0 Å². The van der Waals surface area contributed by atoms with Gasteiger partial charge in [0.25, 0.3) is 0 Å². The van der Waals surface area contributed by atoms with Crippen LogP contribution >= 0.6 is 0 Å². The molecule has 0 saturated carbocycles. The van der Waals surface area contributed by atoms with Gasteiger partial charge >= 0.3 is 6.18 Å². The number of nitrogens with zero attached hydrogens (tertiary/aromatic N) is 6. The fourth-order valence-electron chi connectivity index (χ4n) is 2.41. The van der Waals surface area contributed by atoms with Gasteiger partial charge in [0.1, 0.15) is 6.07 Å². The number of nitriles is 1. The number of aromatic nitrogens is 4. The summed E-state index contributed by atoms with van der Waals surface area (Å²) in [6.45, 7) is 1.21. The predicted octanol–water partition coefficient (Wildman–Crippen LogP) is 2.01. The molecule has 0 radical (unpaired) electrons. The van der Waals surface area contributed by atoms with E-state index in [0.29, 0.717) is 24.5 Å². The summed E-state index contributed by atoms with van der Waals surface area (Å²) >= 11 is 0. The van der Waals surface area contributed by atoms with E-state index in [2.05, 4.69) is 15.3 Å². The number of hydrogen-bond donors (Lipinski definition) is 0. The third kappa shape index (κ3) is 2.72. The second-order valence-corrected chi connectivity index (χ2v) is 4.98. The van der Waals surface area contributed by atoms with Crippen LogP contribution in [0.25, 0.3) is 0 Å². The molecule has 1 aliphatic heterocycles. The van der Waals surface area contributed by atoms with Crippen LogP contribution in [-0.4, -0.2) is 33.1 Å². The molecule has 2 aromatic heterocycles. The maximum absolute atomic E-state index is 12.5. The molecule has 0 amide bonds. The highest BCUT2D eigenvalue weighted by atomic mass is 19.4. The molecule has 0 bridgehead atoms. The summed E-state index contributed by atoms with van der Waals surface area (Å²) in [5.41, 5.74) is -0.523. The van der Waals surface area contributed by atoms with Gasteiger partial charge in [0, 0.05) is 19.3 Å². The van der Waals surface area contributed by atoms with Crippen LogP contribution in [0.1, 0.15) is 23.7 Å². The van der Waals surface area contributed by atoms with Crippen LogP contribution in [-0.2, 0) is 6.18 Å². The van der Waals surface area contributed by atoms with Crippen LogP contribution in [0.2, 0.25) is 0 Å². The summed E-state index contributed by atoms with van der Waals surface area (Å²) in [6.07, 6.45) is -0.565. The Kier molecular flexibility index (Phi) is 3.44. The van der Waals surface area contributed by atoms with Gasteiger partial charge < -0.3 is 4.90 Å². The highest BCUT2D eigenvalue weighted by Crippen LogP contribution is 2.29. The van der Waals surface area contributed by atoms with E-state index in [0.717, 1.165) is 12.5 Å². The van der Waals surface area contributed by atoms with E-state index < -0.39 is 11.9 Å². The van der Waals surface area contributed by atoms with Gasteiger partial charge in [-0.15, -0.1) is 10.2 Å². The Morgan fingerprint density at radius 1 is 1.27 bits per heavy atom. The summed E-state index contributed by atoms with van der Waals surface area (Å²) in [4.78, 5) is 1.85. The van der Waals surface area contributed by atoms with Gasteiger partial charge in [-0.05, 0) is 18.6 Å². The molecule has 3 heterocycles. The van der Waals surface area contributed by atoms with Gasteiger partial charge in [-0.2, -0.15) is 23.5 Å². The van der Waals surface area contributed by atoms with Crippen molar-refractivity contribution in [2.24, 2.45) is 0 Å².